The molecule has 0 bridgehead atoms. The first-order valence-electron chi connectivity index (χ1n) is 4.24. The fraction of sp³-hybridized carbons (Fsp3) is 0. The van der Waals surface area contributed by atoms with Crippen molar-refractivity contribution in [2.75, 3.05) is 5.73 Å². The molecule has 4 nitrogen and oxygen atoms in total. The van der Waals surface area contributed by atoms with Crippen LogP contribution in [0.1, 0.15) is 0 Å². The van der Waals surface area contributed by atoms with Gasteiger partial charge in [0.1, 0.15) is 5.82 Å². The molecule has 0 spiro atoms. The Morgan fingerprint density at radius 1 is 1.27 bits per heavy atom. The summed E-state index contributed by atoms with van der Waals surface area (Å²) < 4.78 is 13.0. The van der Waals surface area contributed by atoms with Crippen molar-refractivity contribution in [1.82, 2.24) is 9.97 Å². The smallest absolute Gasteiger partial charge is 0.165 e. The van der Waals surface area contributed by atoms with E-state index in [4.69, 9.17) is 10.8 Å². The highest BCUT2D eigenvalue weighted by Gasteiger charge is 2.05. The molecule has 5 heteroatoms. The lowest BCUT2D eigenvalue weighted by Gasteiger charge is -2.01. The number of benzene rings is 1. The van der Waals surface area contributed by atoms with Gasteiger partial charge in [-0.3, -0.25) is 0 Å². The zero-order valence-corrected chi connectivity index (χ0v) is 7.68. The summed E-state index contributed by atoms with van der Waals surface area (Å²) in [5.41, 5.74) is 5.94. The van der Waals surface area contributed by atoms with E-state index in [2.05, 4.69) is 9.97 Å². The van der Waals surface area contributed by atoms with Crippen molar-refractivity contribution in [3.05, 3.63) is 36.3 Å². The third kappa shape index (κ3) is 1.85. The largest absolute Gasteiger partial charge is 0.505 e. The maximum absolute atomic E-state index is 13.0. The van der Waals surface area contributed by atoms with Crippen LogP contribution in [0, 0.1) is 5.82 Å². The van der Waals surface area contributed by atoms with Gasteiger partial charge in [-0.1, -0.05) is 0 Å². The molecule has 0 fully saturated rings. The molecule has 0 atom stereocenters. The van der Waals surface area contributed by atoms with E-state index in [0.29, 0.717) is 17.2 Å². The molecule has 2 aromatic rings. The van der Waals surface area contributed by atoms with Crippen LogP contribution in [0.2, 0.25) is 0 Å². The first-order valence-corrected chi connectivity index (χ1v) is 4.24. The third-order valence-corrected chi connectivity index (χ3v) is 1.88. The van der Waals surface area contributed by atoms with Crippen molar-refractivity contribution in [2.45, 2.75) is 0 Å². The summed E-state index contributed by atoms with van der Waals surface area (Å²) in [7, 11) is 0. The molecule has 3 N–H and O–H groups in total. The van der Waals surface area contributed by atoms with E-state index >= 15 is 0 Å². The summed E-state index contributed by atoms with van der Waals surface area (Å²) in [5.74, 6) is -0.469. The zero-order valence-electron chi connectivity index (χ0n) is 7.68. The Morgan fingerprint density at radius 3 is 2.73 bits per heavy atom. The fourth-order valence-corrected chi connectivity index (χ4v) is 1.16. The number of nitrogens with zero attached hydrogens (tertiary/aromatic N) is 2. The molecular weight excluding hydrogens is 197 g/mol. The average Bonchev–Trinajstić information content (AvgIpc) is 2.22. The second-order valence-electron chi connectivity index (χ2n) is 2.97. The fourth-order valence-electron chi connectivity index (χ4n) is 1.16. The van der Waals surface area contributed by atoms with Crippen molar-refractivity contribution in [2.24, 2.45) is 0 Å². The van der Waals surface area contributed by atoms with Crippen molar-refractivity contribution < 1.29 is 9.50 Å². The summed E-state index contributed by atoms with van der Waals surface area (Å²) in [6.45, 7) is 0. The lowest BCUT2D eigenvalue weighted by atomic mass is 10.2. The van der Waals surface area contributed by atoms with E-state index in [0.717, 1.165) is 6.07 Å². The molecule has 0 saturated carbocycles. The second-order valence-corrected chi connectivity index (χ2v) is 2.97. The summed E-state index contributed by atoms with van der Waals surface area (Å²) in [5, 5.41) is 9.00. The Morgan fingerprint density at radius 2 is 2.07 bits per heavy atom. The second kappa shape index (κ2) is 3.53. The van der Waals surface area contributed by atoms with E-state index in [1.54, 1.807) is 6.07 Å². The number of nitrogen functional groups attached to an aromatic ring is 1. The molecule has 0 saturated heterocycles. The standard InChI is InChI=1S/C10H8FN3O/c11-7-5-6(1-2-8(7)15)10-13-4-3-9(12)14-10/h1-5,15H,(H2,12,13,14). The molecule has 76 valence electrons. The van der Waals surface area contributed by atoms with Gasteiger partial charge in [-0.15, -0.1) is 0 Å². The van der Waals surface area contributed by atoms with Gasteiger partial charge in [-0.2, -0.15) is 0 Å². The summed E-state index contributed by atoms with van der Waals surface area (Å²) in [6, 6.07) is 5.47. The van der Waals surface area contributed by atoms with Crippen molar-refractivity contribution in [3.63, 3.8) is 0 Å². The lowest BCUT2D eigenvalue weighted by molar-refractivity contribution is 0.432. The first-order chi connectivity index (χ1) is 7.16. The molecule has 1 heterocycles. The Bertz CT molecular complexity index is 502. The SMILES string of the molecule is Nc1ccnc(-c2ccc(O)c(F)c2)n1. The molecule has 0 aliphatic heterocycles. The number of aromatic nitrogens is 2. The van der Waals surface area contributed by atoms with Crippen LogP contribution in [0.4, 0.5) is 10.2 Å². The van der Waals surface area contributed by atoms with E-state index in [1.165, 1.54) is 18.3 Å². The van der Waals surface area contributed by atoms with Crippen molar-refractivity contribution in [1.29, 1.82) is 0 Å². The summed E-state index contributed by atoms with van der Waals surface area (Å²) in [6.07, 6.45) is 1.49. The van der Waals surface area contributed by atoms with Gasteiger partial charge in [0, 0.05) is 11.8 Å². The molecule has 0 radical (unpaired) electrons. The lowest BCUT2D eigenvalue weighted by Crippen LogP contribution is -1.94. The van der Waals surface area contributed by atoms with Gasteiger partial charge in [0.05, 0.1) is 0 Å². The monoisotopic (exact) mass is 205 g/mol. The van der Waals surface area contributed by atoms with E-state index in [9.17, 15) is 4.39 Å². The number of hydrogen-bond acceptors (Lipinski definition) is 4. The summed E-state index contributed by atoms with van der Waals surface area (Å²) in [4.78, 5) is 7.87. The number of phenols is 1. The highest BCUT2D eigenvalue weighted by Crippen LogP contribution is 2.22. The number of aromatic hydroxyl groups is 1. The van der Waals surface area contributed by atoms with Gasteiger partial charge >= 0.3 is 0 Å². The van der Waals surface area contributed by atoms with Crippen LogP contribution in [0.15, 0.2) is 30.5 Å². The van der Waals surface area contributed by atoms with Crippen LogP contribution in [-0.4, -0.2) is 15.1 Å². The van der Waals surface area contributed by atoms with Crippen LogP contribution < -0.4 is 5.73 Å². The normalized spacial score (nSPS) is 10.2. The Hall–Kier alpha value is -2.17. The molecular formula is C10H8FN3O. The van der Waals surface area contributed by atoms with Gasteiger partial charge in [-0.25, -0.2) is 14.4 Å². The number of anilines is 1. The van der Waals surface area contributed by atoms with Crippen LogP contribution in [-0.2, 0) is 0 Å². The third-order valence-electron chi connectivity index (χ3n) is 1.88. The molecule has 0 aliphatic carbocycles. The number of nitrogens with two attached hydrogens (primary N) is 1. The van der Waals surface area contributed by atoms with E-state index < -0.39 is 11.6 Å². The number of halogens is 1. The Labute approximate surface area is 85.2 Å². The van der Waals surface area contributed by atoms with E-state index in [1.807, 2.05) is 0 Å². The van der Waals surface area contributed by atoms with E-state index in [-0.39, 0.29) is 0 Å². The Balaban J connectivity index is 2.50. The maximum Gasteiger partial charge on any atom is 0.165 e. The quantitative estimate of drug-likeness (QED) is 0.741. The van der Waals surface area contributed by atoms with Gasteiger partial charge in [0.2, 0.25) is 0 Å². The maximum atomic E-state index is 13.0. The van der Waals surface area contributed by atoms with Gasteiger partial charge in [0.25, 0.3) is 0 Å². The van der Waals surface area contributed by atoms with Crippen LogP contribution in [0.3, 0.4) is 0 Å². The molecule has 0 amide bonds. The van der Waals surface area contributed by atoms with Crippen molar-refractivity contribution in [3.8, 4) is 17.1 Å². The van der Waals surface area contributed by atoms with Gasteiger partial charge in [0.15, 0.2) is 17.4 Å². The number of phenolic OH excluding ortho intramolecular Hbond substituents is 1. The average molecular weight is 205 g/mol. The molecule has 15 heavy (non-hydrogen) atoms. The predicted molar refractivity (Wildman–Crippen MR) is 53.5 cm³/mol. The highest BCUT2D eigenvalue weighted by molar-refractivity contribution is 5.57. The van der Waals surface area contributed by atoms with Crippen LogP contribution in [0.25, 0.3) is 11.4 Å². The molecule has 0 aliphatic rings. The van der Waals surface area contributed by atoms with Gasteiger partial charge < -0.3 is 10.8 Å². The van der Waals surface area contributed by atoms with Crippen molar-refractivity contribution >= 4 is 5.82 Å². The molecule has 0 unspecified atom stereocenters. The highest BCUT2D eigenvalue weighted by atomic mass is 19.1. The first kappa shape index (κ1) is 9.39. The van der Waals surface area contributed by atoms with Crippen LogP contribution in [0.5, 0.6) is 5.75 Å². The zero-order chi connectivity index (χ0) is 10.8. The van der Waals surface area contributed by atoms with Crippen LogP contribution >= 0.6 is 0 Å². The predicted octanol–water partition coefficient (Wildman–Crippen LogP) is 1.57. The van der Waals surface area contributed by atoms with Gasteiger partial charge in [-0.05, 0) is 24.3 Å². The molecule has 1 aromatic heterocycles. The molecule has 2 rings (SSSR count). The number of rotatable bonds is 1. The summed E-state index contributed by atoms with van der Waals surface area (Å²) >= 11 is 0. The number of hydrogen-bond donors (Lipinski definition) is 2. The molecule has 1 aromatic carbocycles. The minimum atomic E-state index is -0.710. The topological polar surface area (TPSA) is 72.0 Å². The minimum absolute atomic E-state index is 0.313. The Kier molecular flexibility index (Phi) is 2.21. The minimum Gasteiger partial charge on any atom is -0.505 e.